The summed E-state index contributed by atoms with van der Waals surface area (Å²) in [7, 11) is 1.90. The summed E-state index contributed by atoms with van der Waals surface area (Å²) in [5.74, 6) is 1.01. The van der Waals surface area contributed by atoms with Gasteiger partial charge >= 0.3 is 0 Å². The normalized spacial score (nSPS) is 12.0. The molecule has 5 nitrogen and oxygen atoms in total. The molecule has 0 radical (unpaired) electrons. The van der Waals surface area contributed by atoms with E-state index < -0.39 is 0 Å². The highest BCUT2D eigenvalue weighted by atomic mass is 32.1. The quantitative estimate of drug-likeness (QED) is 0.683. The zero-order chi connectivity index (χ0) is 17.3. The lowest BCUT2D eigenvalue weighted by Crippen LogP contribution is -2.13. The van der Waals surface area contributed by atoms with Crippen LogP contribution in [0.5, 0.6) is 0 Å². The number of amides is 1. The van der Waals surface area contributed by atoms with Crippen molar-refractivity contribution in [2.75, 3.05) is 0 Å². The molecule has 6 heteroatoms. The fraction of sp³-hybridized carbons (Fsp3) is 0.278. The summed E-state index contributed by atoms with van der Waals surface area (Å²) in [5, 5.41) is 0. The first-order chi connectivity index (χ1) is 11.5. The zero-order valence-corrected chi connectivity index (χ0v) is 14.6. The third-order valence-corrected chi connectivity index (χ3v) is 4.98. The van der Waals surface area contributed by atoms with Crippen molar-refractivity contribution in [1.82, 2.24) is 4.57 Å². The Bertz CT molecular complexity index is 991. The smallest absolute Gasteiger partial charge is 0.248 e. The molecular formula is C18H18N2O3S. The molecule has 0 atom stereocenters. The molecule has 0 fully saturated rings. The van der Waals surface area contributed by atoms with Crippen LogP contribution in [0.25, 0.3) is 10.2 Å². The Morgan fingerprint density at radius 1 is 1.29 bits per heavy atom. The summed E-state index contributed by atoms with van der Waals surface area (Å²) in [6, 6.07) is 9.66. The highest BCUT2D eigenvalue weighted by Gasteiger charge is 2.12. The number of aromatic nitrogens is 1. The Morgan fingerprint density at radius 3 is 2.71 bits per heavy atom. The SMILES string of the molecule is CC(=O)c1cc(CCC(=O)N=c2sc3ccccc3n2C)oc1C. The zero-order valence-electron chi connectivity index (χ0n) is 13.8. The van der Waals surface area contributed by atoms with Gasteiger partial charge in [0, 0.05) is 19.9 Å². The molecule has 0 spiro atoms. The molecule has 0 aliphatic rings. The number of benzene rings is 1. The number of Topliss-reactive ketones (excluding diaryl/α,β-unsaturated/α-hetero) is 1. The molecule has 1 aromatic carbocycles. The van der Waals surface area contributed by atoms with Gasteiger partial charge in [0.25, 0.3) is 0 Å². The monoisotopic (exact) mass is 342 g/mol. The fourth-order valence-electron chi connectivity index (χ4n) is 2.60. The molecule has 0 unspecified atom stereocenters. The van der Waals surface area contributed by atoms with Gasteiger partial charge in [0.15, 0.2) is 10.6 Å². The molecular weight excluding hydrogens is 324 g/mol. The van der Waals surface area contributed by atoms with Crippen LogP contribution >= 0.6 is 11.3 Å². The van der Waals surface area contributed by atoms with E-state index >= 15 is 0 Å². The number of carbonyl (C=O) groups excluding carboxylic acids is 2. The van der Waals surface area contributed by atoms with Crippen LogP contribution in [0, 0.1) is 6.92 Å². The second kappa shape index (κ2) is 6.57. The Labute approximate surface area is 143 Å². The van der Waals surface area contributed by atoms with E-state index in [2.05, 4.69) is 4.99 Å². The summed E-state index contributed by atoms with van der Waals surface area (Å²) in [4.78, 5) is 28.5. The number of carbonyl (C=O) groups is 2. The van der Waals surface area contributed by atoms with Crippen LogP contribution in [-0.2, 0) is 18.3 Å². The van der Waals surface area contributed by atoms with Crippen molar-refractivity contribution in [1.29, 1.82) is 0 Å². The molecule has 0 aliphatic carbocycles. The van der Waals surface area contributed by atoms with Gasteiger partial charge in [-0.1, -0.05) is 23.5 Å². The van der Waals surface area contributed by atoms with Crippen molar-refractivity contribution in [3.63, 3.8) is 0 Å². The Morgan fingerprint density at radius 2 is 2.04 bits per heavy atom. The predicted octanol–water partition coefficient (Wildman–Crippen LogP) is 3.40. The van der Waals surface area contributed by atoms with Crippen LogP contribution in [0.4, 0.5) is 0 Å². The maximum Gasteiger partial charge on any atom is 0.248 e. The number of para-hydroxylation sites is 1. The van der Waals surface area contributed by atoms with E-state index in [-0.39, 0.29) is 18.1 Å². The number of aryl methyl sites for hydroxylation is 3. The second-order valence-corrected chi connectivity index (χ2v) is 6.66. The van der Waals surface area contributed by atoms with Crippen molar-refractivity contribution < 1.29 is 14.0 Å². The van der Waals surface area contributed by atoms with Gasteiger partial charge in [-0.2, -0.15) is 4.99 Å². The largest absolute Gasteiger partial charge is 0.466 e. The lowest BCUT2D eigenvalue weighted by Gasteiger charge is -1.95. The van der Waals surface area contributed by atoms with Crippen molar-refractivity contribution in [3.05, 3.63) is 52.2 Å². The molecule has 0 N–H and O–H groups in total. The molecule has 2 aromatic heterocycles. The molecule has 2 heterocycles. The van der Waals surface area contributed by atoms with Crippen LogP contribution in [0.3, 0.4) is 0 Å². The van der Waals surface area contributed by atoms with Gasteiger partial charge in [-0.3, -0.25) is 9.59 Å². The number of hydrogen-bond donors (Lipinski definition) is 0. The van der Waals surface area contributed by atoms with Crippen LogP contribution in [-0.4, -0.2) is 16.3 Å². The van der Waals surface area contributed by atoms with Gasteiger partial charge in [0.2, 0.25) is 5.91 Å². The summed E-state index contributed by atoms with van der Waals surface area (Å²) >= 11 is 1.49. The van der Waals surface area contributed by atoms with Gasteiger partial charge in [0.05, 0.1) is 15.8 Å². The molecule has 3 aromatic rings. The first-order valence-electron chi connectivity index (χ1n) is 7.68. The fourth-order valence-corrected chi connectivity index (χ4v) is 3.63. The summed E-state index contributed by atoms with van der Waals surface area (Å²) < 4.78 is 8.55. The first kappa shape index (κ1) is 16.4. The molecule has 1 amide bonds. The highest BCUT2D eigenvalue weighted by molar-refractivity contribution is 7.16. The van der Waals surface area contributed by atoms with E-state index in [1.54, 1.807) is 13.0 Å². The van der Waals surface area contributed by atoms with Crippen LogP contribution in [0.2, 0.25) is 0 Å². The lowest BCUT2D eigenvalue weighted by molar-refractivity contribution is -0.118. The Kier molecular flexibility index (Phi) is 4.49. The molecule has 124 valence electrons. The van der Waals surface area contributed by atoms with E-state index in [0.29, 0.717) is 28.3 Å². The first-order valence-corrected chi connectivity index (χ1v) is 8.49. The molecule has 0 saturated heterocycles. The number of ketones is 1. The minimum Gasteiger partial charge on any atom is -0.466 e. The van der Waals surface area contributed by atoms with Crippen LogP contribution in [0.1, 0.15) is 35.2 Å². The van der Waals surface area contributed by atoms with Gasteiger partial charge < -0.3 is 8.98 Å². The molecule has 3 rings (SSSR count). The van der Waals surface area contributed by atoms with E-state index in [1.165, 1.54) is 18.3 Å². The summed E-state index contributed by atoms with van der Waals surface area (Å²) in [5.41, 5.74) is 1.63. The third kappa shape index (κ3) is 3.23. The molecule has 0 saturated carbocycles. The minimum atomic E-state index is -0.199. The van der Waals surface area contributed by atoms with Crippen molar-refractivity contribution in [2.24, 2.45) is 12.0 Å². The maximum absolute atomic E-state index is 12.2. The van der Waals surface area contributed by atoms with Crippen molar-refractivity contribution in [2.45, 2.75) is 26.7 Å². The third-order valence-electron chi connectivity index (χ3n) is 3.87. The van der Waals surface area contributed by atoms with E-state index in [4.69, 9.17) is 4.42 Å². The number of thiazole rings is 1. The van der Waals surface area contributed by atoms with Crippen LogP contribution in [0.15, 0.2) is 39.7 Å². The van der Waals surface area contributed by atoms with Gasteiger partial charge in [-0.25, -0.2) is 0 Å². The number of hydrogen-bond acceptors (Lipinski definition) is 4. The summed E-state index contributed by atoms with van der Waals surface area (Å²) in [6.45, 7) is 3.26. The number of fused-ring (bicyclic) bond motifs is 1. The lowest BCUT2D eigenvalue weighted by atomic mass is 10.1. The number of rotatable bonds is 4. The van der Waals surface area contributed by atoms with E-state index in [0.717, 1.165) is 10.2 Å². The highest BCUT2D eigenvalue weighted by Crippen LogP contribution is 2.17. The molecule has 0 aliphatic heterocycles. The van der Waals surface area contributed by atoms with Gasteiger partial charge in [0.1, 0.15) is 11.5 Å². The minimum absolute atomic E-state index is 0.0317. The topological polar surface area (TPSA) is 64.6 Å². The van der Waals surface area contributed by atoms with Crippen molar-refractivity contribution >= 4 is 33.2 Å². The average Bonchev–Trinajstić information content (AvgIpc) is 3.07. The molecule has 24 heavy (non-hydrogen) atoms. The summed E-state index contributed by atoms with van der Waals surface area (Å²) in [6.07, 6.45) is 0.684. The second-order valence-electron chi connectivity index (χ2n) is 5.66. The van der Waals surface area contributed by atoms with Gasteiger partial charge in [-0.15, -0.1) is 0 Å². The molecule has 0 bridgehead atoms. The Balaban J connectivity index is 1.76. The van der Waals surface area contributed by atoms with E-state index in [9.17, 15) is 9.59 Å². The number of furan rings is 1. The maximum atomic E-state index is 12.2. The standard InChI is InChI=1S/C18H18N2O3S/c1-11(21)14-10-13(23-12(14)2)8-9-17(22)19-18-20(3)15-6-4-5-7-16(15)24-18/h4-7,10H,8-9H2,1-3H3. The number of nitrogens with zero attached hydrogens (tertiary/aromatic N) is 2. The van der Waals surface area contributed by atoms with E-state index in [1.807, 2.05) is 35.9 Å². The van der Waals surface area contributed by atoms with Crippen LogP contribution < -0.4 is 4.80 Å². The van der Waals surface area contributed by atoms with Crippen molar-refractivity contribution in [3.8, 4) is 0 Å². The van der Waals surface area contributed by atoms with Gasteiger partial charge in [-0.05, 0) is 32.0 Å². The average molecular weight is 342 g/mol. The Hall–Kier alpha value is -2.47. The predicted molar refractivity (Wildman–Crippen MR) is 93.1 cm³/mol.